The summed E-state index contributed by atoms with van der Waals surface area (Å²) in [7, 11) is 0. The van der Waals surface area contributed by atoms with Crippen LogP contribution in [0.25, 0.3) is 5.69 Å². The number of rotatable bonds is 7. The van der Waals surface area contributed by atoms with Gasteiger partial charge in [0.25, 0.3) is 0 Å². The fourth-order valence-electron chi connectivity index (χ4n) is 5.85. The van der Waals surface area contributed by atoms with Gasteiger partial charge in [0, 0.05) is 29.0 Å². The number of ether oxygens (including phenoxy) is 1. The van der Waals surface area contributed by atoms with Crippen molar-refractivity contribution in [2.24, 2.45) is 0 Å². The Hall–Kier alpha value is -4.42. The average Bonchev–Trinajstić information content (AvgIpc) is 3.49. The monoisotopic (exact) mass is 558 g/mol. The first-order chi connectivity index (χ1) is 19.9. The van der Waals surface area contributed by atoms with Crippen LogP contribution in [0, 0.1) is 20.8 Å². The molecule has 6 rings (SSSR count). The topological polar surface area (TPSA) is 42.3 Å². The maximum Gasteiger partial charge on any atom is 0.174 e. The Balaban J connectivity index is 1.42. The molecule has 2 atom stereocenters. The van der Waals surface area contributed by atoms with E-state index in [2.05, 4.69) is 103 Å². The number of anilines is 1. The Morgan fingerprint density at radius 3 is 2.22 bits per heavy atom. The molecule has 1 fully saturated rings. The lowest BCUT2D eigenvalue weighted by Crippen LogP contribution is -2.29. The Labute approximate surface area is 247 Å². The van der Waals surface area contributed by atoms with Gasteiger partial charge in [-0.2, -0.15) is 0 Å². The predicted molar refractivity (Wildman–Crippen MR) is 170 cm³/mol. The summed E-state index contributed by atoms with van der Waals surface area (Å²) in [6.07, 6.45) is 2.81. The van der Waals surface area contributed by atoms with Crippen molar-refractivity contribution < 1.29 is 4.74 Å². The van der Waals surface area contributed by atoms with Crippen LogP contribution in [0.3, 0.4) is 0 Å². The lowest BCUT2D eigenvalue weighted by atomic mass is 9.96. The molecule has 5 nitrogen and oxygen atoms in total. The van der Waals surface area contributed by atoms with Gasteiger partial charge >= 0.3 is 0 Å². The van der Waals surface area contributed by atoms with E-state index < -0.39 is 0 Å². The largest absolute Gasteiger partial charge is 0.457 e. The normalized spacial score (nSPS) is 16.6. The van der Waals surface area contributed by atoms with Crippen molar-refractivity contribution in [3.8, 4) is 17.2 Å². The zero-order valence-electron chi connectivity index (χ0n) is 23.8. The number of nitrogens with zero attached hydrogens (tertiary/aromatic N) is 3. The minimum absolute atomic E-state index is 0.0880. The molecule has 1 aliphatic rings. The van der Waals surface area contributed by atoms with Gasteiger partial charge in [-0.25, -0.2) is 0 Å². The Morgan fingerprint density at radius 1 is 0.854 bits per heavy atom. The van der Waals surface area contributed by atoms with Crippen molar-refractivity contribution in [1.29, 1.82) is 0 Å². The van der Waals surface area contributed by atoms with Gasteiger partial charge in [-0.15, -0.1) is 0 Å². The van der Waals surface area contributed by atoms with Gasteiger partial charge in [0.05, 0.1) is 17.8 Å². The number of aromatic nitrogens is 2. The van der Waals surface area contributed by atoms with Gasteiger partial charge in [-0.05, 0) is 111 Å². The highest BCUT2D eigenvalue weighted by Crippen LogP contribution is 2.44. The van der Waals surface area contributed by atoms with Crippen LogP contribution in [-0.2, 0) is 6.42 Å². The SMILES string of the molecule is CCc1ccccc1-n1c(C)cc([C@@H]2[C@H](c3ccccn3)NC(=S)N2c2ccc(Oc3ccc(C)cc3)cc2)c1C. The third-order valence-electron chi connectivity index (χ3n) is 7.87. The summed E-state index contributed by atoms with van der Waals surface area (Å²) >= 11 is 5.99. The number of para-hydroxylation sites is 1. The molecule has 41 heavy (non-hydrogen) atoms. The van der Waals surface area contributed by atoms with E-state index in [4.69, 9.17) is 21.9 Å². The second-order valence-corrected chi connectivity index (χ2v) is 10.9. The third kappa shape index (κ3) is 5.11. The van der Waals surface area contributed by atoms with E-state index in [-0.39, 0.29) is 12.1 Å². The summed E-state index contributed by atoms with van der Waals surface area (Å²) in [5.41, 5.74) is 9.32. The molecular formula is C35H34N4OS. The van der Waals surface area contributed by atoms with Crippen LogP contribution < -0.4 is 15.0 Å². The van der Waals surface area contributed by atoms with Gasteiger partial charge in [-0.1, -0.05) is 48.9 Å². The number of benzene rings is 3. The summed E-state index contributed by atoms with van der Waals surface area (Å²) in [5.74, 6) is 1.59. The minimum atomic E-state index is -0.109. The lowest BCUT2D eigenvalue weighted by molar-refractivity contribution is 0.482. The molecule has 0 aliphatic carbocycles. The van der Waals surface area contributed by atoms with Crippen molar-refractivity contribution in [2.45, 2.75) is 46.2 Å². The Kier molecular flexibility index (Phi) is 7.33. The smallest absolute Gasteiger partial charge is 0.174 e. The summed E-state index contributed by atoms with van der Waals surface area (Å²) in [5, 5.41) is 4.28. The Bertz CT molecular complexity index is 1680. The molecular weight excluding hydrogens is 524 g/mol. The first kappa shape index (κ1) is 26.8. The lowest BCUT2D eigenvalue weighted by Gasteiger charge is -2.28. The maximum absolute atomic E-state index is 6.11. The molecule has 3 aromatic carbocycles. The molecule has 0 spiro atoms. The van der Waals surface area contributed by atoms with Crippen LogP contribution in [0.1, 0.15) is 52.8 Å². The van der Waals surface area contributed by atoms with Crippen molar-refractivity contribution in [2.75, 3.05) is 4.90 Å². The van der Waals surface area contributed by atoms with Crippen LogP contribution in [0.5, 0.6) is 11.5 Å². The molecule has 1 aliphatic heterocycles. The van der Waals surface area contributed by atoms with Crippen molar-refractivity contribution >= 4 is 23.0 Å². The molecule has 206 valence electrons. The van der Waals surface area contributed by atoms with Crippen LogP contribution in [-0.4, -0.2) is 14.7 Å². The number of aryl methyl sites for hydroxylation is 3. The quantitative estimate of drug-likeness (QED) is 0.203. The van der Waals surface area contributed by atoms with Crippen LogP contribution in [0.15, 0.2) is 103 Å². The minimum Gasteiger partial charge on any atom is -0.457 e. The predicted octanol–water partition coefficient (Wildman–Crippen LogP) is 8.33. The molecule has 3 heterocycles. The zero-order chi connectivity index (χ0) is 28.5. The molecule has 0 unspecified atom stereocenters. The zero-order valence-corrected chi connectivity index (χ0v) is 24.7. The highest BCUT2D eigenvalue weighted by atomic mass is 32.1. The molecule has 0 saturated carbocycles. The van der Waals surface area contributed by atoms with E-state index in [1.165, 1.54) is 33.8 Å². The van der Waals surface area contributed by atoms with Gasteiger partial charge in [0.2, 0.25) is 0 Å². The Morgan fingerprint density at radius 2 is 1.54 bits per heavy atom. The number of pyridine rings is 1. The van der Waals surface area contributed by atoms with Crippen molar-refractivity contribution in [3.05, 3.63) is 137 Å². The van der Waals surface area contributed by atoms with E-state index in [9.17, 15) is 0 Å². The number of hydrogen-bond acceptors (Lipinski definition) is 3. The molecule has 0 amide bonds. The van der Waals surface area contributed by atoms with Gasteiger partial charge in [-0.3, -0.25) is 4.98 Å². The second kappa shape index (κ2) is 11.2. The standard InChI is InChI=1S/C35H34N4OS/c1-5-26-10-6-7-12-32(26)38-24(3)22-30(25(38)4)34-33(31-11-8-9-21-36-31)37-35(41)39(34)27-15-19-29(20-16-27)40-28-17-13-23(2)14-18-28/h6-22,33-34H,5H2,1-4H3,(H,37,41)/t33-,34+/m0/s1. The number of nitrogens with one attached hydrogen (secondary N) is 1. The van der Waals surface area contributed by atoms with E-state index in [0.29, 0.717) is 5.11 Å². The summed E-state index contributed by atoms with van der Waals surface area (Å²) in [6, 6.07) is 33.1. The fourth-order valence-corrected chi connectivity index (χ4v) is 6.20. The van der Waals surface area contributed by atoms with E-state index in [0.717, 1.165) is 29.3 Å². The third-order valence-corrected chi connectivity index (χ3v) is 8.19. The highest BCUT2D eigenvalue weighted by Gasteiger charge is 2.42. The van der Waals surface area contributed by atoms with Gasteiger partial charge in [0.15, 0.2) is 5.11 Å². The van der Waals surface area contributed by atoms with Gasteiger partial charge in [0.1, 0.15) is 11.5 Å². The molecule has 0 bridgehead atoms. The van der Waals surface area contributed by atoms with Crippen molar-refractivity contribution in [1.82, 2.24) is 14.9 Å². The summed E-state index contributed by atoms with van der Waals surface area (Å²) in [6.45, 7) is 8.67. The molecule has 6 heteroatoms. The van der Waals surface area contributed by atoms with Crippen LogP contribution >= 0.6 is 12.2 Å². The summed E-state index contributed by atoms with van der Waals surface area (Å²) < 4.78 is 8.49. The van der Waals surface area contributed by atoms with E-state index in [1.807, 2.05) is 42.6 Å². The fraction of sp³-hybridized carbons (Fsp3) is 0.200. The van der Waals surface area contributed by atoms with Gasteiger partial charge < -0.3 is 19.5 Å². The molecule has 2 aromatic heterocycles. The van der Waals surface area contributed by atoms with E-state index >= 15 is 0 Å². The van der Waals surface area contributed by atoms with Crippen LogP contribution in [0.2, 0.25) is 0 Å². The first-order valence-corrected chi connectivity index (χ1v) is 14.5. The van der Waals surface area contributed by atoms with Crippen LogP contribution in [0.4, 0.5) is 5.69 Å². The number of hydrogen-bond donors (Lipinski definition) is 1. The second-order valence-electron chi connectivity index (χ2n) is 10.5. The van der Waals surface area contributed by atoms with E-state index in [1.54, 1.807) is 0 Å². The highest BCUT2D eigenvalue weighted by molar-refractivity contribution is 7.80. The maximum atomic E-state index is 6.11. The van der Waals surface area contributed by atoms with Crippen molar-refractivity contribution in [3.63, 3.8) is 0 Å². The first-order valence-electron chi connectivity index (χ1n) is 14.1. The molecule has 0 radical (unpaired) electrons. The summed E-state index contributed by atoms with van der Waals surface area (Å²) in [4.78, 5) is 6.96. The average molecular weight is 559 g/mol. The molecule has 1 N–H and O–H groups in total. The molecule has 5 aromatic rings. The number of thiocarbonyl (C=S) groups is 1. The molecule has 1 saturated heterocycles.